The van der Waals surface area contributed by atoms with Crippen LogP contribution in [0, 0.1) is 23.7 Å². The number of carbonyl (C=O) groups excluding carboxylic acids is 1. The number of hydrogen-bond donors (Lipinski definition) is 1. The Kier molecular flexibility index (Phi) is 12.9. The van der Waals surface area contributed by atoms with E-state index in [0.717, 1.165) is 53.4 Å². The fourth-order valence-electron chi connectivity index (χ4n) is 6.07. The van der Waals surface area contributed by atoms with Gasteiger partial charge in [0.2, 0.25) is 0 Å². The van der Waals surface area contributed by atoms with E-state index in [9.17, 15) is 9.90 Å². The van der Waals surface area contributed by atoms with Crippen LogP contribution < -0.4 is 5.19 Å². The van der Waals surface area contributed by atoms with Crippen molar-refractivity contribution in [1.29, 1.82) is 0 Å². The van der Waals surface area contributed by atoms with E-state index in [4.69, 9.17) is 9.10 Å². The number of aliphatic hydroxyl groups excluding tert-OH is 1. The molecule has 1 N–H and O–H groups in total. The minimum Gasteiger partial charge on any atom is -0.512 e. The molecule has 4 aromatic carbocycles. The average molecular weight is 878 g/mol. The molecule has 0 aliphatic heterocycles. The average Bonchev–Trinajstić information content (AvgIpc) is 3.16. The van der Waals surface area contributed by atoms with Crippen molar-refractivity contribution in [3.05, 3.63) is 121 Å². The van der Waals surface area contributed by atoms with Crippen molar-refractivity contribution in [2.24, 2.45) is 10.8 Å². The van der Waals surface area contributed by atoms with Gasteiger partial charge < -0.3 is 5.11 Å². The standard InChI is InChI=1S/C31H28NSi.C15H28O2.Ir/c1-22-15-16-25(21-27(22)23-11-7-5-8-12-23)28-18-17-26-29(32-28)19-20-30(33(2,3)4)31(26)24-13-9-6-10-14-24;1-7-14(5,8-2)12(16)11-13(17)15(6,9-3)10-4;/h5-15,17-21H,1-4H3;11,16H,7-10H2,1-6H3;/q-1;;/b;12-11-;/i1D3;;. The van der Waals surface area contributed by atoms with E-state index < -0.39 is 14.9 Å². The summed E-state index contributed by atoms with van der Waals surface area (Å²) >= 11 is 0. The molecular weight excluding hydrogens is 819 g/mol. The van der Waals surface area contributed by atoms with Gasteiger partial charge in [0, 0.05) is 46.5 Å². The molecule has 271 valence electrons. The summed E-state index contributed by atoms with van der Waals surface area (Å²) < 4.78 is 24.1. The van der Waals surface area contributed by atoms with Gasteiger partial charge in [-0.2, -0.15) is 0 Å². The number of hydrogen-bond acceptors (Lipinski definition) is 3. The normalized spacial score (nSPS) is 13.3. The second kappa shape index (κ2) is 17.7. The minimum absolute atomic E-state index is 0. The quantitative estimate of drug-likeness (QED) is 0.0622. The first kappa shape index (κ1) is 37.1. The molecule has 0 unspecified atom stereocenters. The fourth-order valence-corrected chi connectivity index (χ4v) is 7.69. The first-order valence-corrected chi connectivity index (χ1v) is 21.5. The third-order valence-electron chi connectivity index (χ3n) is 10.7. The van der Waals surface area contributed by atoms with Crippen LogP contribution in [0.2, 0.25) is 19.6 Å². The van der Waals surface area contributed by atoms with Crippen LogP contribution in [-0.2, 0) is 24.9 Å². The second-order valence-electron chi connectivity index (χ2n) is 14.8. The Balaban J connectivity index is 0.000000372. The molecule has 0 aliphatic rings. The molecule has 5 heteroatoms. The Bertz CT molecular complexity index is 2050. The van der Waals surface area contributed by atoms with Crippen LogP contribution in [-0.4, -0.2) is 23.9 Å². The SMILES string of the molecule is CCC(C)(CC)C(=O)/C=C(\O)C(C)(CC)CC.[2H]C([2H])([2H])c1c[c-]c(-c2ccc3c(-c4ccccc4)c([Si](C)(C)C)ccc3n2)cc1-c1ccccc1.[Ir]. The number of aliphatic hydroxyl groups is 1. The number of ketones is 1. The predicted molar refractivity (Wildman–Crippen MR) is 218 cm³/mol. The van der Waals surface area contributed by atoms with Gasteiger partial charge in [-0.1, -0.05) is 158 Å². The Morgan fingerprint density at radius 2 is 1.39 bits per heavy atom. The molecule has 0 atom stereocenters. The first-order chi connectivity index (χ1) is 24.9. The van der Waals surface area contributed by atoms with Crippen molar-refractivity contribution in [3.63, 3.8) is 0 Å². The Hall–Kier alpha value is -3.63. The molecule has 0 amide bonds. The molecule has 0 saturated heterocycles. The van der Waals surface area contributed by atoms with E-state index in [1.807, 2.05) is 90.1 Å². The third kappa shape index (κ3) is 9.63. The molecule has 51 heavy (non-hydrogen) atoms. The third-order valence-corrected chi connectivity index (χ3v) is 12.7. The number of rotatable bonds is 11. The van der Waals surface area contributed by atoms with Crippen LogP contribution in [0.4, 0.5) is 0 Å². The predicted octanol–water partition coefficient (Wildman–Crippen LogP) is 12.5. The smallest absolute Gasteiger partial charge is 0.164 e. The van der Waals surface area contributed by atoms with E-state index in [0.29, 0.717) is 11.1 Å². The van der Waals surface area contributed by atoms with Gasteiger partial charge in [-0.25, -0.2) is 0 Å². The topological polar surface area (TPSA) is 50.2 Å². The van der Waals surface area contributed by atoms with Gasteiger partial charge in [-0.05, 0) is 54.1 Å². The van der Waals surface area contributed by atoms with Gasteiger partial charge in [0.15, 0.2) is 5.78 Å². The van der Waals surface area contributed by atoms with Gasteiger partial charge in [-0.3, -0.25) is 9.78 Å². The number of benzene rings is 4. The molecule has 0 saturated carbocycles. The molecule has 0 bridgehead atoms. The van der Waals surface area contributed by atoms with E-state index in [2.05, 4.69) is 68.2 Å². The maximum Gasteiger partial charge on any atom is 0.164 e. The Morgan fingerprint density at radius 3 is 1.92 bits per heavy atom. The summed E-state index contributed by atoms with van der Waals surface area (Å²) in [5.74, 6) is 0.286. The van der Waals surface area contributed by atoms with Gasteiger partial charge in [0.1, 0.15) is 5.76 Å². The van der Waals surface area contributed by atoms with Crippen molar-refractivity contribution in [2.45, 2.75) is 93.7 Å². The molecule has 0 spiro atoms. The van der Waals surface area contributed by atoms with Gasteiger partial charge >= 0.3 is 0 Å². The number of aromatic nitrogens is 1. The van der Waals surface area contributed by atoms with Crippen molar-refractivity contribution in [2.75, 3.05) is 0 Å². The molecule has 1 radical (unpaired) electrons. The monoisotopic (exact) mass is 878 g/mol. The number of carbonyl (C=O) groups is 1. The van der Waals surface area contributed by atoms with E-state index in [1.54, 1.807) is 6.07 Å². The van der Waals surface area contributed by atoms with E-state index in [-0.39, 0.29) is 42.5 Å². The van der Waals surface area contributed by atoms with Crippen LogP contribution in [0.3, 0.4) is 0 Å². The van der Waals surface area contributed by atoms with Crippen molar-refractivity contribution in [3.8, 4) is 33.5 Å². The number of pyridine rings is 1. The van der Waals surface area contributed by atoms with Crippen LogP contribution in [0.15, 0.2) is 109 Å². The maximum absolute atomic E-state index is 12.2. The van der Waals surface area contributed by atoms with Crippen LogP contribution in [0.1, 0.15) is 76.9 Å². The van der Waals surface area contributed by atoms with Crippen LogP contribution in [0.25, 0.3) is 44.4 Å². The zero-order valence-corrected chi connectivity index (χ0v) is 35.2. The molecule has 1 aromatic heterocycles. The van der Waals surface area contributed by atoms with Gasteiger partial charge in [0.05, 0.1) is 13.6 Å². The second-order valence-corrected chi connectivity index (χ2v) is 19.9. The van der Waals surface area contributed by atoms with Crippen LogP contribution >= 0.6 is 0 Å². The molecule has 1 heterocycles. The Labute approximate surface area is 326 Å². The summed E-state index contributed by atoms with van der Waals surface area (Å²) in [5, 5.41) is 12.7. The fraction of sp³-hybridized carbons (Fsp3) is 0.348. The zero-order valence-electron chi connectivity index (χ0n) is 34.8. The van der Waals surface area contributed by atoms with Crippen molar-refractivity contribution < 1.29 is 34.1 Å². The largest absolute Gasteiger partial charge is 0.512 e. The molecule has 0 fully saturated rings. The molecule has 5 aromatic rings. The molecule has 3 nitrogen and oxygen atoms in total. The first-order valence-electron chi connectivity index (χ1n) is 19.5. The summed E-state index contributed by atoms with van der Waals surface area (Å²) in [5.41, 5.74) is 6.18. The zero-order chi connectivity index (χ0) is 39.2. The van der Waals surface area contributed by atoms with E-state index in [1.165, 1.54) is 22.4 Å². The van der Waals surface area contributed by atoms with Crippen LogP contribution in [0.5, 0.6) is 0 Å². The summed E-state index contributed by atoms with van der Waals surface area (Å²) in [6.45, 7) is 17.0. The van der Waals surface area contributed by atoms with Crippen molar-refractivity contribution in [1.82, 2.24) is 4.98 Å². The summed E-state index contributed by atoms with van der Waals surface area (Å²) in [6, 6.07) is 35.4. The number of aryl methyl sites for hydroxylation is 1. The summed E-state index contributed by atoms with van der Waals surface area (Å²) in [4.78, 5) is 17.2. The Morgan fingerprint density at radius 1 is 0.824 bits per heavy atom. The summed E-state index contributed by atoms with van der Waals surface area (Å²) in [7, 11) is -1.61. The van der Waals surface area contributed by atoms with Crippen molar-refractivity contribution >= 4 is 29.9 Å². The number of allylic oxidation sites excluding steroid dienone is 2. The number of nitrogens with zero attached hydrogens (tertiary/aromatic N) is 1. The van der Waals surface area contributed by atoms with Gasteiger partial charge in [-0.15, -0.1) is 29.3 Å². The molecule has 0 aliphatic carbocycles. The minimum atomic E-state index is -2.23. The molecular formula is C46H56IrNO2Si-. The van der Waals surface area contributed by atoms with E-state index >= 15 is 0 Å². The van der Waals surface area contributed by atoms with Gasteiger partial charge in [0.25, 0.3) is 0 Å². The summed E-state index contributed by atoms with van der Waals surface area (Å²) in [6.07, 6.45) is 4.75. The maximum atomic E-state index is 12.2. The molecule has 5 rings (SSSR count). The number of fused-ring (bicyclic) bond motifs is 1.